The second-order valence-electron chi connectivity index (χ2n) is 6.22. The number of ether oxygens (including phenoxy) is 2. The summed E-state index contributed by atoms with van der Waals surface area (Å²) < 4.78 is 38.6. The maximum absolute atomic E-state index is 12.5. The predicted molar refractivity (Wildman–Crippen MR) is 76.5 cm³/mol. The minimum absolute atomic E-state index is 0.110. The van der Waals surface area contributed by atoms with Gasteiger partial charge in [-0.3, -0.25) is 4.98 Å². The molecule has 3 unspecified atom stereocenters. The van der Waals surface area contributed by atoms with Gasteiger partial charge < -0.3 is 9.47 Å². The van der Waals surface area contributed by atoms with Gasteiger partial charge in [0.05, 0.1) is 19.4 Å². The van der Waals surface area contributed by atoms with E-state index >= 15 is 0 Å². The molecule has 2 fully saturated rings. The summed E-state index contributed by atoms with van der Waals surface area (Å²) in [6.07, 6.45) is 3.86. The van der Waals surface area contributed by atoms with Gasteiger partial charge in [-0.05, 0) is 6.42 Å². The highest BCUT2D eigenvalue weighted by molar-refractivity contribution is 7.89. The van der Waals surface area contributed by atoms with Gasteiger partial charge in [0, 0.05) is 36.2 Å². The molecular formula is C14H20N2O4S. The van der Waals surface area contributed by atoms with Crippen molar-refractivity contribution < 1.29 is 17.9 Å². The van der Waals surface area contributed by atoms with Gasteiger partial charge in [-0.1, -0.05) is 13.8 Å². The summed E-state index contributed by atoms with van der Waals surface area (Å²) in [5.74, 6) is 0.682. The topological polar surface area (TPSA) is 77.5 Å². The van der Waals surface area contributed by atoms with Crippen LogP contribution >= 0.6 is 0 Å². The fourth-order valence-electron chi connectivity index (χ4n) is 3.46. The summed E-state index contributed by atoms with van der Waals surface area (Å²) in [6.45, 7) is 4.78. The Hall–Kier alpha value is -1.18. The van der Waals surface area contributed by atoms with Gasteiger partial charge in [0.1, 0.15) is 10.6 Å². The zero-order chi connectivity index (χ0) is 15.3. The average Bonchev–Trinajstić information content (AvgIpc) is 2.92. The maximum Gasteiger partial charge on any atom is 0.242 e. The first-order valence-electron chi connectivity index (χ1n) is 6.99. The van der Waals surface area contributed by atoms with Crippen molar-refractivity contribution in [3.63, 3.8) is 0 Å². The Labute approximate surface area is 124 Å². The molecule has 2 heterocycles. The number of methoxy groups -OCH3 is 1. The monoisotopic (exact) mass is 312 g/mol. The average molecular weight is 312 g/mol. The first-order chi connectivity index (χ1) is 9.86. The lowest BCUT2D eigenvalue weighted by Gasteiger charge is -2.54. The first kappa shape index (κ1) is 14.7. The van der Waals surface area contributed by atoms with E-state index in [2.05, 4.69) is 9.71 Å². The van der Waals surface area contributed by atoms with Crippen LogP contribution in [0.25, 0.3) is 0 Å². The predicted octanol–water partition coefficient (Wildman–Crippen LogP) is 1.18. The molecule has 6 nitrogen and oxygen atoms in total. The number of sulfonamides is 1. The lowest BCUT2D eigenvalue weighted by Crippen LogP contribution is -2.66. The van der Waals surface area contributed by atoms with E-state index in [1.807, 2.05) is 13.8 Å². The Morgan fingerprint density at radius 2 is 2.19 bits per heavy atom. The third kappa shape index (κ3) is 2.33. The zero-order valence-electron chi connectivity index (χ0n) is 12.4. The molecule has 7 heteroatoms. The minimum Gasteiger partial charge on any atom is -0.495 e. The quantitative estimate of drug-likeness (QED) is 0.903. The molecule has 1 N–H and O–H groups in total. The summed E-state index contributed by atoms with van der Waals surface area (Å²) in [5.41, 5.74) is -0.194. The van der Waals surface area contributed by atoms with E-state index in [9.17, 15) is 8.42 Å². The van der Waals surface area contributed by atoms with Crippen LogP contribution in [0.5, 0.6) is 5.75 Å². The Kier molecular flexibility index (Phi) is 3.46. The summed E-state index contributed by atoms with van der Waals surface area (Å²) in [5, 5.41) is 0. The Balaban J connectivity index is 1.83. The van der Waals surface area contributed by atoms with Crippen LogP contribution in [0.2, 0.25) is 0 Å². The number of aromatic nitrogens is 1. The van der Waals surface area contributed by atoms with Crippen molar-refractivity contribution in [2.24, 2.45) is 11.3 Å². The van der Waals surface area contributed by atoms with E-state index in [-0.39, 0.29) is 28.4 Å². The lowest BCUT2D eigenvalue weighted by atomic mass is 9.58. The molecular weight excluding hydrogens is 292 g/mol. The molecule has 0 radical (unpaired) electrons. The van der Waals surface area contributed by atoms with Crippen LogP contribution in [0.4, 0.5) is 0 Å². The standard InChI is InChI=1S/C14H20N2O4S/c1-14(2)12(11-4-5-20-13(11)14)16-21(17,18)10-6-9(19-3)7-15-8-10/h6-8,11-13,16H,4-5H2,1-3H3. The van der Waals surface area contributed by atoms with Crippen molar-refractivity contribution in [2.45, 2.75) is 37.3 Å². The lowest BCUT2D eigenvalue weighted by molar-refractivity contribution is -0.105. The van der Waals surface area contributed by atoms with Gasteiger partial charge in [-0.25, -0.2) is 13.1 Å². The maximum atomic E-state index is 12.5. The molecule has 0 aromatic carbocycles. The van der Waals surface area contributed by atoms with E-state index < -0.39 is 10.0 Å². The van der Waals surface area contributed by atoms with Crippen LogP contribution in [0, 0.1) is 11.3 Å². The van der Waals surface area contributed by atoms with E-state index in [4.69, 9.17) is 9.47 Å². The smallest absolute Gasteiger partial charge is 0.242 e. The Bertz CT molecular complexity index is 644. The molecule has 3 rings (SSSR count). The van der Waals surface area contributed by atoms with Gasteiger partial charge in [0.15, 0.2) is 0 Å². The van der Waals surface area contributed by atoms with Gasteiger partial charge in [0.25, 0.3) is 0 Å². The molecule has 1 aromatic heterocycles. The summed E-state index contributed by atoms with van der Waals surface area (Å²) in [7, 11) is -2.13. The number of pyridine rings is 1. The highest BCUT2D eigenvalue weighted by Gasteiger charge is 2.60. The van der Waals surface area contributed by atoms with Gasteiger partial charge in [0.2, 0.25) is 10.0 Å². The number of fused-ring (bicyclic) bond motifs is 1. The molecule has 1 saturated carbocycles. The van der Waals surface area contributed by atoms with Crippen LogP contribution < -0.4 is 9.46 Å². The molecule has 116 valence electrons. The third-order valence-corrected chi connectivity index (χ3v) is 6.02. The zero-order valence-corrected chi connectivity index (χ0v) is 13.2. The minimum atomic E-state index is -3.61. The Morgan fingerprint density at radius 3 is 2.90 bits per heavy atom. The van der Waals surface area contributed by atoms with Crippen molar-refractivity contribution in [1.29, 1.82) is 0 Å². The first-order valence-corrected chi connectivity index (χ1v) is 8.47. The van der Waals surface area contributed by atoms with Gasteiger partial charge >= 0.3 is 0 Å². The molecule has 0 bridgehead atoms. The molecule has 1 aliphatic carbocycles. The number of nitrogens with one attached hydrogen (secondary N) is 1. The largest absolute Gasteiger partial charge is 0.495 e. The summed E-state index contributed by atoms with van der Waals surface area (Å²) in [4.78, 5) is 4.03. The Morgan fingerprint density at radius 1 is 1.43 bits per heavy atom. The molecule has 21 heavy (non-hydrogen) atoms. The SMILES string of the molecule is COc1cncc(S(=O)(=O)NC2C3CCOC3C2(C)C)c1. The highest BCUT2D eigenvalue weighted by atomic mass is 32.2. The van der Waals surface area contributed by atoms with E-state index in [0.717, 1.165) is 6.42 Å². The van der Waals surface area contributed by atoms with Crippen LogP contribution in [0.1, 0.15) is 20.3 Å². The van der Waals surface area contributed by atoms with Crippen LogP contribution in [-0.4, -0.2) is 39.3 Å². The van der Waals surface area contributed by atoms with Crippen molar-refractivity contribution in [2.75, 3.05) is 13.7 Å². The van der Waals surface area contributed by atoms with E-state index in [1.165, 1.54) is 25.6 Å². The second kappa shape index (κ2) is 4.93. The summed E-state index contributed by atoms with van der Waals surface area (Å²) >= 11 is 0. The molecule has 0 spiro atoms. The fraction of sp³-hybridized carbons (Fsp3) is 0.643. The van der Waals surface area contributed by atoms with Crippen molar-refractivity contribution >= 4 is 10.0 Å². The van der Waals surface area contributed by atoms with Crippen LogP contribution in [-0.2, 0) is 14.8 Å². The van der Waals surface area contributed by atoms with Gasteiger partial charge in [-0.15, -0.1) is 0 Å². The van der Waals surface area contributed by atoms with Crippen molar-refractivity contribution in [3.05, 3.63) is 18.5 Å². The molecule has 0 amide bonds. The van der Waals surface area contributed by atoms with Gasteiger partial charge in [-0.2, -0.15) is 0 Å². The molecule has 1 saturated heterocycles. The van der Waals surface area contributed by atoms with E-state index in [1.54, 1.807) is 0 Å². The number of rotatable bonds is 4. The number of hydrogen-bond acceptors (Lipinski definition) is 5. The number of nitrogens with zero attached hydrogens (tertiary/aromatic N) is 1. The number of hydrogen-bond donors (Lipinski definition) is 1. The van der Waals surface area contributed by atoms with E-state index in [0.29, 0.717) is 12.4 Å². The highest BCUT2D eigenvalue weighted by Crippen LogP contribution is 2.52. The molecule has 1 aliphatic heterocycles. The second-order valence-corrected chi connectivity index (χ2v) is 7.94. The normalized spacial score (nSPS) is 30.5. The van der Waals surface area contributed by atoms with Crippen molar-refractivity contribution in [1.82, 2.24) is 9.71 Å². The van der Waals surface area contributed by atoms with Crippen LogP contribution in [0.3, 0.4) is 0 Å². The molecule has 3 atom stereocenters. The third-order valence-electron chi connectivity index (χ3n) is 4.62. The van der Waals surface area contributed by atoms with Crippen molar-refractivity contribution in [3.8, 4) is 5.75 Å². The molecule has 2 aliphatic rings. The summed E-state index contributed by atoms with van der Waals surface area (Å²) in [6, 6.07) is 1.37. The van der Waals surface area contributed by atoms with Crippen LogP contribution in [0.15, 0.2) is 23.4 Å². The molecule has 1 aromatic rings. The fourth-order valence-corrected chi connectivity index (χ4v) is 4.88.